The van der Waals surface area contributed by atoms with Gasteiger partial charge in [0.05, 0.1) is 36.1 Å². The molecule has 1 fully saturated rings. The molecule has 0 aliphatic carbocycles. The lowest BCUT2D eigenvalue weighted by molar-refractivity contribution is -0.0152. The van der Waals surface area contributed by atoms with Crippen LogP contribution in [0.25, 0.3) is 0 Å². The number of aromatic nitrogens is 1. The number of phenolic OH excluding ortho intramolecular Hbond substituents is 1. The second kappa shape index (κ2) is 11.9. The Kier molecular flexibility index (Phi) is 9.24. The zero-order chi connectivity index (χ0) is 21.9. The third-order valence-corrected chi connectivity index (χ3v) is 4.55. The van der Waals surface area contributed by atoms with Crippen LogP contribution in [-0.2, 0) is 11.2 Å². The van der Waals surface area contributed by atoms with Crippen molar-refractivity contribution in [1.29, 1.82) is 0 Å². The quantitative estimate of drug-likeness (QED) is 0.665. The van der Waals surface area contributed by atoms with Crippen molar-refractivity contribution < 1.29 is 29.3 Å². The van der Waals surface area contributed by atoms with Gasteiger partial charge in [0, 0.05) is 25.8 Å². The van der Waals surface area contributed by atoms with E-state index in [0.717, 1.165) is 0 Å². The zero-order valence-corrected chi connectivity index (χ0v) is 17.3. The maximum absolute atomic E-state index is 13.1. The SMILES string of the molecule is CC.O=Cc1c(O)cccc1OCC1COCCN1C(=O)c1cccnc1CCO. The molecule has 0 radical (unpaired) electrons. The number of morpholine rings is 1. The lowest BCUT2D eigenvalue weighted by atomic mass is 10.1. The van der Waals surface area contributed by atoms with Gasteiger partial charge in [0.25, 0.3) is 5.91 Å². The minimum Gasteiger partial charge on any atom is -0.507 e. The van der Waals surface area contributed by atoms with E-state index >= 15 is 0 Å². The van der Waals surface area contributed by atoms with Gasteiger partial charge in [0.1, 0.15) is 18.1 Å². The molecule has 1 atom stereocenters. The zero-order valence-electron chi connectivity index (χ0n) is 17.3. The maximum atomic E-state index is 13.1. The Morgan fingerprint density at radius 2 is 2.13 bits per heavy atom. The molecular weight excluding hydrogens is 388 g/mol. The van der Waals surface area contributed by atoms with Crippen molar-refractivity contribution >= 4 is 12.2 Å². The summed E-state index contributed by atoms with van der Waals surface area (Å²) in [5.74, 6) is -0.125. The van der Waals surface area contributed by atoms with Crippen LogP contribution >= 0.6 is 0 Å². The Bertz CT molecular complexity index is 842. The van der Waals surface area contributed by atoms with Gasteiger partial charge in [-0.1, -0.05) is 19.9 Å². The topological polar surface area (TPSA) is 109 Å². The van der Waals surface area contributed by atoms with Crippen LogP contribution in [0.1, 0.15) is 40.3 Å². The van der Waals surface area contributed by atoms with E-state index in [1.54, 1.807) is 35.4 Å². The van der Waals surface area contributed by atoms with Crippen molar-refractivity contribution in [2.45, 2.75) is 26.3 Å². The van der Waals surface area contributed by atoms with Crippen molar-refractivity contribution in [2.75, 3.05) is 33.0 Å². The summed E-state index contributed by atoms with van der Waals surface area (Å²) in [6.07, 6.45) is 2.41. The summed E-state index contributed by atoms with van der Waals surface area (Å²) >= 11 is 0. The van der Waals surface area contributed by atoms with Crippen LogP contribution in [0.4, 0.5) is 0 Å². The molecule has 162 valence electrons. The molecule has 8 nitrogen and oxygen atoms in total. The fraction of sp³-hybridized carbons (Fsp3) is 0.409. The summed E-state index contributed by atoms with van der Waals surface area (Å²) in [4.78, 5) is 30.1. The standard InChI is InChI=1S/C20H22N2O6.C2H6/c23-9-6-17-15(3-2-7-21-17)20(26)22-8-10-27-12-14(22)13-28-19-5-1-4-18(25)16(19)11-24;1-2/h1-5,7,11,14,23,25H,6,8-10,12-13H2;1-2H3. The third kappa shape index (κ3) is 5.55. The summed E-state index contributed by atoms with van der Waals surface area (Å²) in [6, 6.07) is 7.57. The number of phenols is 1. The fourth-order valence-electron chi connectivity index (χ4n) is 3.12. The Morgan fingerprint density at radius 1 is 1.33 bits per heavy atom. The van der Waals surface area contributed by atoms with E-state index < -0.39 is 0 Å². The molecule has 1 amide bonds. The number of aromatic hydroxyl groups is 1. The molecule has 0 saturated carbocycles. The van der Waals surface area contributed by atoms with Crippen LogP contribution in [-0.4, -0.2) is 71.3 Å². The van der Waals surface area contributed by atoms with Crippen molar-refractivity contribution in [2.24, 2.45) is 0 Å². The highest BCUT2D eigenvalue weighted by atomic mass is 16.5. The molecule has 1 aliphatic rings. The first kappa shape index (κ1) is 23.3. The normalized spacial score (nSPS) is 15.7. The van der Waals surface area contributed by atoms with Gasteiger partial charge >= 0.3 is 0 Å². The van der Waals surface area contributed by atoms with E-state index in [2.05, 4.69) is 4.98 Å². The first-order valence-corrected chi connectivity index (χ1v) is 9.99. The van der Waals surface area contributed by atoms with Gasteiger partial charge in [-0.2, -0.15) is 0 Å². The van der Waals surface area contributed by atoms with Gasteiger partial charge in [-0.25, -0.2) is 0 Å². The second-order valence-electron chi connectivity index (χ2n) is 6.32. The highest BCUT2D eigenvalue weighted by Gasteiger charge is 2.30. The molecule has 2 N–H and O–H groups in total. The number of aliphatic hydroxyl groups excluding tert-OH is 1. The lowest BCUT2D eigenvalue weighted by Gasteiger charge is -2.35. The van der Waals surface area contributed by atoms with Crippen LogP contribution in [0.15, 0.2) is 36.5 Å². The average Bonchev–Trinajstić information content (AvgIpc) is 2.79. The maximum Gasteiger partial charge on any atom is 0.256 e. The first-order chi connectivity index (χ1) is 14.7. The molecule has 1 aliphatic heterocycles. The number of rotatable bonds is 7. The van der Waals surface area contributed by atoms with Crippen molar-refractivity contribution in [3.05, 3.63) is 53.3 Å². The van der Waals surface area contributed by atoms with E-state index in [1.165, 1.54) is 6.07 Å². The first-order valence-electron chi connectivity index (χ1n) is 9.99. The number of pyridine rings is 1. The molecule has 0 bridgehead atoms. The monoisotopic (exact) mass is 416 g/mol. The van der Waals surface area contributed by atoms with E-state index in [4.69, 9.17) is 9.47 Å². The van der Waals surface area contributed by atoms with Gasteiger partial charge in [0.2, 0.25) is 0 Å². The summed E-state index contributed by atoms with van der Waals surface area (Å²) in [6.45, 7) is 5.09. The lowest BCUT2D eigenvalue weighted by Crippen LogP contribution is -2.51. The van der Waals surface area contributed by atoms with Gasteiger partial charge < -0.3 is 24.6 Å². The molecular formula is C22H28N2O6. The molecule has 2 aromatic rings. The number of hydrogen-bond acceptors (Lipinski definition) is 7. The molecule has 30 heavy (non-hydrogen) atoms. The van der Waals surface area contributed by atoms with Gasteiger partial charge in [-0.05, 0) is 24.3 Å². The number of ether oxygens (including phenoxy) is 2. The summed E-state index contributed by atoms with van der Waals surface area (Å²) in [5.41, 5.74) is 1.04. The molecule has 1 saturated heterocycles. The van der Waals surface area contributed by atoms with Crippen LogP contribution in [0, 0.1) is 0 Å². The molecule has 8 heteroatoms. The van der Waals surface area contributed by atoms with E-state index in [0.29, 0.717) is 37.1 Å². The van der Waals surface area contributed by atoms with E-state index in [-0.39, 0.29) is 48.8 Å². The molecule has 1 aromatic carbocycles. The number of aliphatic hydroxyl groups is 1. The molecule has 3 rings (SSSR count). The Hall–Kier alpha value is -2.97. The highest BCUT2D eigenvalue weighted by molar-refractivity contribution is 5.95. The Balaban J connectivity index is 0.00000155. The smallest absolute Gasteiger partial charge is 0.256 e. The average molecular weight is 416 g/mol. The Labute approximate surface area is 176 Å². The number of hydrogen-bond donors (Lipinski definition) is 2. The van der Waals surface area contributed by atoms with Gasteiger partial charge in [0.15, 0.2) is 6.29 Å². The largest absolute Gasteiger partial charge is 0.507 e. The number of amides is 1. The molecule has 2 heterocycles. The van der Waals surface area contributed by atoms with E-state index in [9.17, 15) is 19.8 Å². The van der Waals surface area contributed by atoms with E-state index in [1.807, 2.05) is 13.8 Å². The number of carbonyl (C=O) groups excluding carboxylic acids is 2. The summed E-state index contributed by atoms with van der Waals surface area (Å²) in [7, 11) is 0. The predicted molar refractivity (Wildman–Crippen MR) is 111 cm³/mol. The van der Waals surface area contributed by atoms with Gasteiger partial charge in [-0.15, -0.1) is 0 Å². The van der Waals surface area contributed by atoms with Crippen molar-refractivity contribution in [3.63, 3.8) is 0 Å². The minimum atomic E-state index is -0.370. The number of benzene rings is 1. The van der Waals surface area contributed by atoms with Crippen LogP contribution < -0.4 is 4.74 Å². The summed E-state index contributed by atoms with van der Waals surface area (Å²) < 4.78 is 11.2. The predicted octanol–water partition coefficient (Wildman–Crippen LogP) is 2.08. The van der Waals surface area contributed by atoms with Crippen LogP contribution in [0.2, 0.25) is 0 Å². The van der Waals surface area contributed by atoms with Crippen molar-refractivity contribution in [3.8, 4) is 11.5 Å². The minimum absolute atomic E-state index is 0.0644. The summed E-state index contributed by atoms with van der Waals surface area (Å²) in [5, 5.41) is 19.0. The van der Waals surface area contributed by atoms with Crippen LogP contribution in [0.5, 0.6) is 11.5 Å². The Morgan fingerprint density at radius 3 is 2.87 bits per heavy atom. The van der Waals surface area contributed by atoms with Crippen molar-refractivity contribution in [1.82, 2.24) is 9.88 Å². The number of carbonyl (C=O) groups is 2. The van der Waals surface area contributed by atoms with Gasteiger partial charge in [-0.3, -0.25) is 14.6 Å². The molecule has 1 aromatic heterocycles. The second-order valence-corrected chi connectivity index (χ2v) is 6.32. The van der Waals surface area contributed by atoms with Crippen LogP contribution in [0.3, 0.4) is 0 Å². The molecule has 0 spiro atoms. The molecule has 1 unspecified atom stereocenters. The number of aldehydes is 1. The fourth-order valence-corrected chi connectivity index (χ4v) is 3.12. The third-order valence-electron chi connectivity index (χ3n) is 4.55. The highest BCUT2D eigenvalue weighted by Crippen LogP contribution is 2.26. The number of nitrogens with zero attached hydrogens (tertiary/aromatic N) is 2.